The van der Waals surface area contributed by atoms with Gasteiger partial charge in [-0.3, -0.25) is 4.57 Å². The molecular weight excluding hydrogens is 809 g/mol. The first-order valence-electron chi connectivity index (χ1n) is 22.1. The molecule has 8 nitrogen and oxygen atoms in total. The van der Waals surface area contributed by atoms with Gasteiger partial charge in [0.2, 0.25) is 0 Å². The predicted octanol–water partition coefficient (Wildman–Crippen LogP) is 13.8. The van der Waals surface area contributed by atoms with Crippen molar-refractivity contribution in [3.8, 4) is 79.2 Å². The lowest BCUT2D eigenvalue weighted by Gasteiger charge is -2.32. The minimum Gasteiger partial charge on any atom is -0.347 e. The number of para-hydroxylation sites is 3. The number of hydrogen-bond donors (Lipinski definition) is 1. The van der Waals surface area contributed by atoms with Crippen molar-refractivity contribution in [2.45, 2.75) is 6.29 Å². The molecule has 13 rings (SSSR count). The van der Waals surface area contributed by atoms with Crippen LogP contribution >= 0.6 is 0 Å². The number of rotatable bonds is 7. The van der Waals surface area contributed by atoms with Crippen LogP contribution in [-0.4, -0.2) is 34.1 Å². The fourth-order valence-electron chi connectivity index (χ4n) is 9.44. The van der Waals surface area contributed by atoms with Crippen LogP contribution in [0.1, 0.15) is 6.29 Å². The number of hydrogen-bond acceptors (Lipinski definition) is 6. The van der Waals surface area contributed by atoms with Crippen LogP contribution < -0.4 is 5.32 Å². The third-order valence-electron chi connectivity index (χ3n) is 12.6. The van der Waals surface area contributed by atoms with E-state index in [2.05, 4.69) is 160 Å². The Morgan fingerprint density at radius 1 is 0.333 bits per heavy atom. The molecule has 0 amide bonds. The van der Waals surface area contributed by atoms with Crippen molar-refractivity contribution in [3.63, 3.8) is 0 Å². The normalized spacial score (nSPS) is 13.1. The van der Waals surface area contributed by atoms with Gasteiger partial charge in [-0.25, -0.2) is 24.9 Å². The van der Waals surface area contributed by atoms with Crippen LogP contribution in [0.25, 0.3) is 112 Å². The van der Waals surface area contributed by atoms with Crippen molar-refractivity contribution in [2.24, 2.45) is 0 Å². The van der Waals surface area contributed by atoms with E-state index in [4.69, 9.17) is 24.9 Å². The molecule has 0 aliphatic carbocycles. The first kappa shape index (κ1) is 37.5. The molecule has 66 heavy (non-hydrogen) atoms. The summed E-state index contributed by atoms with van der Waals surface area (Å²) in [7, 11) is 0. The van der Waals surface area contributed by atoms with Crippen LogP contribution in [0.4, 0.5) is 5.69 Å². The Labute approximate surface area is 380 Å². The fraction of sp³-hybridized carbons (Fsp3) is 0.0172. The summed E-state index contributed by atoms with van der Waals surface area (Å²) in [6, 6.07) is 75.5. The fourth-order valence-corrected chi connectivity index (χ4v) is 9.44. The number of anilines is 1. The minimum atomic E-state index is -0.358. The van der Waals surface area contributed by atoms with Gasteiger partial charge in [0, 0.05) is 55.4 Å². The van der Waals surface area contributed by atoms with Crippen LogP contribution in [0.3, 0.4) is 0 Å². The van der Waals surface area contributed by atoms with Crippen molar-refractivity contribution in [1.29, 1.82) is 0 Å². The van der Waals surface area contributed by atoms with E-state index in [0.717, 1.165) is 106 Å². The molecule has 1 N–H and O–H groups in total. The van der Waals surface area contributed by atoms with E-state index in [1.165, 1.54) is 0 Å². The summed E-state index contributed by atoms with van der Waals surface area (Å²) in [6.45, 7) is 0. The Morgan fingerprint density at radius 3 is 1.24 bits per heavy atom. The highest BCUT2D eigenvalue weighted by molar-refractivity contribution is 6.11. The summed E-state index contributed by atoms with van der Waals surface area (Å²) in [4.78, 5) is 26.2. The Morgan fingerprint density at radius 2 is 0.758 bits per heavy atom. The molecule has 0 fully saturated rings. The number of aromatic nitrogens is 7. The number of imidazole rings is 1. The highest BCUT2D eigenvalue weighted by Crippen LogP contribution is 2.44. The molecular formula is C58H38N8. The molecule has 1 unspecified atom stereocenters. The molecule has 8 aromatic carbocycles. The predicted molar refractivity (Wildman–Crippen MR) is 266 cm³/mol. The van der Waals surface area contributed by atoms with Crippen LogP contribution in [0, 0.1) is 0 Å². The molecule has 0 bridgehead atoms. The van der Waals surface area contributed by atoms with Crippen molar-refractivity contribution in [3.05, 3.63) is 218 Å². The second kappa shape index (κ2) is 15.4. The first-order chi connectivity index (χ1) is 32.7. The van der Waals surface area contributed by atoms with Gasteiger partial charge in [-0.1, -0.05) is 146 Å². The van der Waals surface area contributed by atoms with Gasteiger partial charge in [0.05, 0.1) is 44.8 Å². The summed E-state index contributed by atoms with van der Waals surface area (Å²) in [6.07, 6.45) is -0.358. The summed E-state index contributed by atoms with van der Waals surface area (Å²) < 4.78 is 4.73. The Hall–Kier alpha value is -9.01. The lowest BCUT2D eigenvalue weighted by molar-refractivity contribution is 0.520. The van der Waals surface area contributed by atoms with Crippen molar-refractivity contribution in [1.82, 2.24) is 34.1 Å². The molecule has 0 spiro atoms. The molecule has 1 aliphatic heterocycles. The van der Waals surface area contributed by atoms with Crippen molar-refractivity contribution >= 4 is 38.5 Å². The Kier molecular flexibility index (Phi) is 8.74. The van der Waals surface area contributed by atoms with E-state index in [-0.39, 0.29) is 6.29 Å². The highest BCUT2D eigenvalue weighted by Gasteiger charge is 2.31. The molecule has 0 saturated heterocycles. The van der Waals surface area contributed by atoms with Gasteiger partial charge in [-0.05, 0) is 72.8 Å². The second-order valence-corrected chi connectivity index (χ2v) is 16.6. The summed E-state index contributed by atoms with van der Waals surface area (Å²) >= 11 is 0. The summed E-state index contributed by atoms with van der Waals surface area (Å²) in [5.74, 6) is 2.21. The largest absolute Gasteiger partial charge is 0.347 e. The zero-order valence-electron chi connectivity index (χ0n) is 35.5. The van der Waals surface area contributed by atoms with Gasteiger partial charge >= 0.3 is 0 Å². The van der Waals surface area contributed by atoms with E-state index in [1.54, 1.807) is 0 Å². The van der Waals surface area contributed by atoms with Gasteiger partial charge in [0.25, 0.3) is 0 Å². The van der Waals surface area contributed by atoms with Gasteiger partial charge < -0.3 is 9.88 Å². The highest BCUT2D eigenvalue weighted by atomic mass is 15.4. The van der Waals surface area contributed by atoms with Gasteiger partial charge in [0.1, 0.15) is 5.82 Å². The summed E-state index contributed by atoms with van der Waals surface area (Å²) in [5.41, 5.74) is 15.5. The zero-order chi connectivity index (χ0) is 43.6. The second-order valence-electron chi connectivity index (χ2n) is 16.6. The van der Waals surface area contributed by atoms with E-state index >= 15 is 0 Å². The molecule has 12 aromatic rings. The molecule has 1 atom stereocenters. The van der Waals surface area contributed by atoms with Crippen LogP contribution in [-0.2, 0) is 0 Å². The average Bonchev–Trinajstić information content (AvgIpc) is 3.95. The zero-order valence-corrected chi connectivity index (χ0v) is 35.5. The van der Waals surface area contributed by atoms with Gasteiger partial charge in [-0.15, -0.1) is 0 Å². The van der Waals surface area contributed by atoms with E-state index < -0.39 is 0 Å². The maximum absolute atomic E-state index is 5.24. The van der Waals surface area contributed by atoms with Crippen LogP contribution in [0.15, 0.2) is 218 Å². The molecule has 8 heteroatoms. The van der Waals surface area contributed by atoms with Gasteiger partial charge in [-0.2, -0.15) is 0 Å². The van der Waals surface area contributed by atoms with Crippen LogP contribution in [0.2, 0.25) is 0 Å². The lowest BCUT2D eigenvalue weighted by atomic mass is 10.0. The SMILES string of the molecule is c1ccc(-c2cc(-c3ccccc3)nc(-c3ccc4c(c3)c3cc(-c5nc(-c6ccccc6)cc(-c6ccccc6)n5)ccc3n4C3Nc4ccccc4-c4nc5ccccc5n43)n2)cc1. The molecule has 310 valence electrons. The molecule has 4 aromatic heterocycles. The van der Waals surface area contributed by atoms with Crippen molar-refractivity contribution < 1.29 is 0 Å². The maximum atomic E-state index is 5.24. The number of fused-ring (bicyclic) bond motifs is 8. The van der Waals surface area contributed by atoms with E-state index in [1.807, 2.05) is 72.8 Å². The van der Waals surface area contributed by atoms with E-state index in [0.29, 0.717) is 11.6 Å². The molecule has 0 radical (unpaired) electrons. The van der Waals surface area contributed by atoms with E-state index in [9.17, 15) is 0 Å². The number of benzene rings is 8. The first-order valence-corrected chi connectivity index (χ1v) is 22.1. The maximum Gasteiger partial charge on any atom is 0.188 e. The van der Waals surface area contributed by atoms with Gasteiger partial charge in [0.15, 0.2) is 17.9 Å². The summed E-state index contributed by atoms with van der Waals surface area (Å²) in [5, 5.41) is 6.05. The minimum absolute atomic E-state index is 0.358. The number of nitrogens with zero attached hydrogens (tertiary/aromatic N) is 7. The van der Waals surface area contributed by atoms with Crippen LogP contribution in [0.5, 0.6) is 0 Å². The third-order valence-corrected chi connectivity index (χ3v) is 12.6. The molecule has 5 heterocycles. The quantitative estimate of drug-likeness (QED) is 0.172. The number of nitrogens with one attached hydrogen (secondary N) is 1. The lowest BCUT2D eigenvalue weighted by Crippen LogP contribution is -2.29. The monoisotopic (exact) mass is 846 g/mol. The Balaban J connectivity index is 1.06. The molecule has 1 aliphatic rings. The molecule has 0 saturated carbocycles. The Bertz CT molecular complexity index is 3490. The third kappa shape index (κ3) is 6.34. The van der Waals surface area contributed by atoms with Crippen molar-refractivity contribution in [2.75, 3.05) is 5.32 Å². The topological polar surface area (TPSA) is 86.3 Å². The average molecular weight is 847 g/mol. The smallest absolute Gasteiger partial charge is 0.188 e. The standard InChI is InChI=1S/C58H38N8/c1-5-17-37(18-6-1)48-35-49(38-19-7-2-8-20-38)60-55(59-48)41-29-31-52-44(33-41)45-34-42(56-61-50(39-21-9-3-10-22-39)36-51(62-56)40-23-11-4-12-24-40)30-32-53(45)65(52)58-64-46-26-14-13-25-43(46)57-63-47-27-15-16-28-54(47)66(57)58/h1-36,58,64H.